The SMILES string of the molecule is c1ccc(-c2cccc(-c3ccc4sc5ccccc5c4c3-n3c4ccccc4c4cc(-n5c6ccccc6c6cc(-n7c8ccccc8c8ccccc87)ccc65)ccc43)c2)cc1. The second kappa shape index (κ2) is 13.7. The fourth-order valence-electron chi connectivity index (χ4n) is 10.7. The topological polar surface area (TPSA) is 14.8 Å². The Morgan fingerprint density at radius 2 is 0.719 bits per heavy atom. The van der Waals surface area contributed by atoms with Gasteiger partial charge in [0.2, 0.25) is 0 Å². The highest BCUT2D eigenvalue weighted by Gasteiger charge is 2.23. The minimum absolute atomic E-state index is 1.14. The summed E-state index contributed by atoms with van der Waals surface area (Å²) in [5.41, 5.74) is 15.5. The fraction of sp³-hybridized carbons (Fsp3) is 0. The summed E-state index contributed by atoms with van der Waals surface area (Å²) >= 11 is 1.87. The van der Waals surface area contributed by atoms with E-state index in [4.69, 9.17) is 0 Å². The van der Waals surface area contributed by atoms with E-state index in [-0.39, 0.29) is 0 Å². The highest BCUT2D eigenvalue weighted by molar-refractivity contribution is 7.25. The van der Waals surface area contributed by atoms with E-state index in [0.29, 0.717) is 0 Å². The zero-order chi connectivity index (χ0) is 41.9. The van der Waals surface area contributed by atoms with Gasteiger partial charge in [0.05, 0.1) is 38.8 Å². The van der Waals surface area contributed by atoms with Crippen LogP contribution >= 0.6 is 11.3 Å². The first kappa shape index (κ1) is 35.4. The van der Waals surface area contributed by atoms with E-state index >= 15 is 0 Å². The van der Waals surface area contributed by atoms with Gasteiger partial charge in [0.25, 0.3) is 0 Å². The smallest absolute Gasteiger partial charge is 0.0633 e. The molecule has 4 heterocycles. The molecular formula is C60H37N3S. The van der Waals surface area contributed by atoms with Crippen LogP contribution in [0.5, 0.6) is 0 Å². The number of benzene rings is 10. The van der Waals surface area contributed by atoms with Gasteiger partial charge in [-0.25, -0.2) is 0 Å². The predicted molar refractivity (Wildman–Crippen MR) is 273 cm³/mol. The monoisotopic (exact) mass is 831 g/mol. The van der Waals surface area contributed by atoms with Crippen molar-refractivity contribution in [2.45, 2.75) is 0 Å². The number of nitrogens with zero attached hydrogens (tertiary/aromatic N) is 3. The van der Waals surface area contributed by atoms with Crippen LogP contribution in [0.15, 0.2) is 224 Å². The molecule has 0 N–H and O–H groups in total. The molecule has 4 heteroatoms. The zero-order valence-corrected chi connectivity index (χ0v) is 35.4. The molecule has 0 unspecified atom stereocenters. The van der Waals surface area contributed by atoms with Crippen molar-refractivity contribution < 1.29 is 0 Å². The van der Waals surface area contributed by atoms with Gasteiger partial charge < -0.3 is 13.7 Å². The number of para-hydroxylation sites is 4. The molecule has 298 valence electrons. The van der Waals surface area contributed by atoms with Crippen LogP contribution in [0.1, 0.15) is 0 Å². The lowest BCUT2D eigenvalue weighted by Gasteiger charge is -2.17. The Kier molecular flexibility index (Phi) is 7.56. The summed E-state index contributed by atoms with van der Waals surface area (Å²) < 4.78 is 10.0. The number of thiophene rings is 1. The minimum atomic E-state index is 1.14. The Balaban J connectivity index is 1.02. The fourth-order valence-corrected chi connectivity index (χ4v) is 11.8. The first-order valence-corrected chi connectivity index (χ1v) is 22.7. The Hall–Kier alpha value is -8.18. The standard InChI is InChI=1S/C60H37N3S/c1-2-15-38(16-3-1)39-17-14-18-40(35-39)43-31-34-58-59(48-23-8-13-28-57(48)64-58)60(43)63-54-27-12-7-22-47(54)50-37-42(30-33-56(50)63)62-53-26-11-6-21-46(53)49-36-41(29-32-55(49)62)61-51-24-9-4-19-44(51)45-20-5-10-25-52(45)61/h1-37H. The normalized spacial score (nSPS) is 12.1. The highest BCUT2D eigenvalue weighted by atomic mass is 32.1. The molecule has 0 saturated carbocycles. The van der Waals surface area contributed by atoms with E-state index in [1.165, 1.54) is 114 Å². The predicted octanol–water partition coefficient (Wildman–Crippen LogP) is 16.7. The van der Waals surface area contributed by atoms with Crippen molar-refractivity contribution in [1.82, 2.24) is 13.7 Å². The molecule has 0 fully saturated rings. The maximum Gasteiger partial charge on any atom is 0.0633 e. The molecule has 3 nitrogen and oxygen atoms in total. The Bertz CT molecular complexity index is 4140. The number of aromatic nitrogens is 3. The van der Waals surface area contributed by atoms with Crippen molar-refractivity contribution in [1.29, 1.82) is 0 Å². The molecule has 0 aliphatic carbocycles. The Morgan fingerprint density at radius 1 is 0.266 bits per heavy atom. The van der Waals surface area contributed by atoms with Crippen LogP contribution in [0.25, 0.3) is 125 Å². The summed E-state index contributed by atoms with van der Waals surface area (Å²) in [6, 6.07) is 82.7. The van der Waals surface area contributed by atoms with E-state index in [9.17, 15) is 0 Å². The van der Waals surface area contributed by atoms with Gasteiger partial charge in [-0.2, -0.15) is 0 Å². The molecule has 0 amide bonds. The maximum absolute atomic E-state index is 2.55. The van der Waals surface area contributed by atoms with Gasteiger partial charge in [-0.15, -0.1) is 11.3 Å². The largest absolute Gasteiger partial charge is 0.309 e. The van der Waals surface area contributed by atoms with Crippen LogP contribution in [0.2, 0.25) is 0 Å². The number of rotatable bonds is 5. The molecule has 0 bridgehead atoms. The highest BCUT2D eigenvalue weighted by Crippen LogP contribution is 2.46. The summed E-state index contributed by atoms with van der Waals surface area (Å²) in [4.78, 5) is 0. The Labute approximate surface area is 372 Å². The van der Waals surface area contributed by atoms with Gasteiger partial charge >= 0.3 is 0 Å². The molecule has 14 aromatic rings. The molecule has 4 aromatic heterocycles. The van der Waals surface area contributed by atoms with E-state index in [2.05, 4.69) is 238 Å². The van der Waals surface area contributed by atoms with Crippen LogP contribution in [0.4, 0.5) is 0 Å². The van der Waals surface area contributed by atoms with Gasteiger partial charge in [-0.05, 0) is 95.6 Å². The third-order valence-electron chi connectivity index (χ3n) is 13.4. The van der Waals surface area contributed by atoms with Crippen LogP contribution in [0.3, 0.4) is 0 Å². The molecule has 0 radical (unpaired) electrons. The molecule has 0 atom stereocenters. The average molecular weight is 832 g/mol. The van der Waals surface area contributed by atoms with E-state index in [1.54, 1.807) is 0 Å². The van der Waals surface area contributed by atoms with E-state index < -0.39 is 0 Å². The third kappa shape index (κ3) is 5.09. The first-order chi connectivity index (χ1) is 31.8. The molecule has 64 heavy (non-hydrogen) atoms. The van der Waals surface area contributed by atoms with Gasteiger partial charge in [0, 0.05) is 69.4 Å². The van der Waals surface area contributed by atoms with Crippen molar-refractivity contribution in [2.24, 2.45) is 0 Å². The number of hydrogen-bond acceptors (Lipinski definition) is 1. The van der Waals surface area contributed by atoms with Crippen LogP contribution < -0.4 is 0 Å². The average Bonchev–Trinajstić information content (AvgIpc) is 4.10. The van der Waals surface area contributed by atoms with Crippen LogP contribution in [-0.4, -0.2) is 13.7 Å². The molecule has 0 aliphatic rings. The Morgan fingerprint density at radius 3 is 1.33 bits per heavy atom. The second-order valence-electron chi connectivity index (χ2n) is 16.9. The number of fused-ring (bicyclic) bond motifs is 12. The summed E-state index contributed by atoms with van der Waals surface area (Å²) in [5, 5.41) is 10.0. The summed E-state index contributed by atoms with van der Waals surface area (Å²) in [6.07, 6.45) is 0. The van der Waals surface area contributed by atoms with Crippen molar-refractivity contribution in [3.05, 3.63) is 224 Å². The van der Waals surface area contributed by atoms with Gasteiger partial charge in [-0.1, -0.05) is 146 Å². The lowest BCUT2D eigenvalue weighted by atomic mass is 9.96. The van der Waals surface area contributed by atoms with E-state index in [0.717, 1.165) is 11.4 Å². The first-order valence-electron chi connectivity index (χ1n) is 21.9. The van der Waals surface area contributed by atoms with Gasteiger partial charge in [0.15, 0.2) is 0 Å². The molecule has 0 aliphatic heterocycles. The van der Waals surface area contributed by atoms with Gasteiger partial charge in [-0.3, -0.25) is 0 Å². The zero-order valence-electron chi connectivity index (χ0n) is 34.6. The molecule has 0 saturated heterocycles. The number of hydrogen-bond donors (Lipinski definition) is 0. The third-order valence-corrected chi connectivity index (χ3v) is 14.6. The lowest BCUT2D eigenvalue weighted by molar-refractivity contribution is 1.16. The van der Waals surface area contributed by atoms with Crippen molar-refractivity contribution >= 4 is 96.9 Å². The summed E-state index contributed by atoms with van der Waals surface area (Å²) in [6.45, 7) is 0. The molecule has 14 rings (SSSR count). The quantitative estimate of drug-likeness (QED) is 0.164. The van der Waals surface area contributed by atoms with Crippen molar-refractivity contribution in [3.8, 4) is 39.3 Å². The molecule has 0 spiro atoms. The van der Waals surface area contributed by atoms with E-state index in [1.807, 2.05) is 11.3 Å². The minimum Gasteiger partial charge on any atom is -0.309 e. The van der Waals surface area contributed by atoms with Crippen molar-refractivity contribution in [3.63, 3.8) is 0 Å². The van der Waals surface area contributed by atoms with Gasteiger partial charge in [0.1, 0.15) is 0 Å². The molecular weight excluding hydrogens is 795 g/mol. The summed E-state index contributed by atoms with van der Waals surface area (Å²) in [5.74, 6) is 0. The summed E-state index contributed by atoms with van der Waals surface area (Å²) in [7, 11) is 0. The maximum atomic E-state index is 2.55. The van der Waals surface area contributed by atoms with Crippen LogP contribution in [-0.2, 0) is 0 Å². The second-order valence-corrected chi connectivity index (χ2v) is 17.9. The van der Waals surface area contributed by atoms with Crippen LogP contribution in [0, 0.1) is 0 Å². The molecule has 10 aromatic carbocycles. The lowest BCUT2D eigenvalue weighted by Crippen LogP contribution is -1.99. The van der Waals surface area contributed by atoms with Crippen molar-refractivity contribution in [2.75, 3.05) is 0 Å².